The first kappa shape index (κ1) is 11.7. The summed E-state index contributed by atoms with van der Waals surface area (Å²) < 4.78 is 0. The molecule has 3 rings (SSSR count). The van der Waals surface area contributed by atoms with Gasteiger partial charge in [0.15, 0.2) is 0 Å². The Kier molecular flexibility index (Phi) is 2.67. The minimum absolute atomic E-state index is 0.0214. The van der Waals surface area contributed by atoms with E-state index < -0.39 is 0 Å². The lowest BCUT2D eigenvalue weighted by molar-refractivity contribution is 0.480. The number of benzene rings is 1. The van der Waals surface area contributed by atoms with Crippen LogP contribution in [0.5, 0.6) is 5.75 Å². The molecule has 0 radical (unpaired) electrons. The maximum Gasteiger partial charge on any atom is 0.125 e. The topological polar surface area (TPSA) is 48.0 Å². The van der Waals surface area contributed by atoms with Crippen molar-refractivity contribution in [3.05, 3.63) is 30.0 Å². The molecule has 5 heteroatoms. The zero-order valence-corrected chi connectivity index (χ0v) is 11.0. The summed E-state index contributed by atoms with van der Waals surface area (Å²) in [6.45, 7) is 1.10. The molecule has 3 N–H and O–H groups in total. The number of aromatic amines is 1. The third-order valence-corrected chi connectivity index (χ3v) is 4.31. The van der Waals surface area contributed by atoms with Crippen LogP contribution in [-0.4, -0.2) is 38.4 Å². The lowest BCUT2D eigenvalue weighted by atomic mass is 9.47. The zero-order valence-electron chi connectivity index (χ0n) is 11.0. The van der Waals surface area contributed by atoms with Crippen molar-refractivity contribution in [3.8, 4) is 5.75 Å². The maximum atomic E-state index is 10.1. The van der Waals surface area contributed by atoms with E-state index in [1.54, 1.807) is 6.07 Å². The molecule has 0 amide bonds. The first-order valence-electron chi connectivity index (χ1n) is 6.63. The number of phenolic OH excluding ortho intramolecular Hbond substituents is 1. The highest BCUT2D eigenvalue weighted by molar-refractivity contribution is 6.41. The zero-order chi connectivity index (χ0) is 12.8. The minimum atomic E-state index is 0.0214. The van der Waals surface area contributed by atoms with Crippen LogP contribution in [0.2, 0.25) is 0 Å². The Morgan fingerprint density at radius 1 is 1.33 bits per heavy atom. The summed E-state index contributed by atoms with van der Waals surface area (Å²) in [4.78, 5) is 3.27. The van der Waals surface area contributed by atoms with Crippen LogP contribution in [0.3, 0.4) is 0 Å². The Hall–Kier alpha value is -1.35. The van der Waals surface area contributed by atoms with Crippen LogP contribution >= 0.6 is 0 Å². The molecule has 18 heavy (non-hydrogen) atoms. The normalized spacial score (nSPS) is 20.6. The molecule has 1 atom stereocenters. The average molecular weight is 240 g/mol. The molecule has 92 valence electrons. The Morgan fingerprint density at radius 2 is 2.17 bits per heavy atom. The molecule has 0 bridgehead atoms. The van der Waals surface area contributed by atoms with Crippen molar-refractivity contribution in [2.45, 2.75) is 24.1 Å². The largest absolute Gasteiger partial charge is 0.507 e. The van der Waals surface area contributed by atoms with Gasteiger partial charge in [-0.25, -0.2) is 0 Å². The summed E-state index contributed by atoms with van der Waals surface area (Å²) in [5.41, 5.74) is 2.21. The Labute approximate surface area is 109 Å². The number of hydrogen-bond donors (Lipinski definition) is 3. The fraction of sp³-hybridized carbons (Fsp3) is 0.385. The van der Waals surface area contributed by atoms with Gasteiger partial charge in [0.25, 0.3) is 0 Å². The van der Waals surface area contributed by atoms with E-state index in [0.29, 0.717) is 11.8 Å². The predicted molar refractivity (Wildman–Crippen MR) is 79.8 cm³/mol. The molecule has 1 aliphatic heterocycles. The predicted octanol–water partition coefficient (Wildman–Crippen LogP) is 0.0445. The van der Waals surface area contributed by atoms with Crippen molar-refractivity contribution in [1.82, 2.24) is 10.3 Å². The summed E-state index contributed by atoms with van der Waals surface area (Å²) in [5.74, 6) is 0.370. The fourth-order valence-corrected chi connectivity index (χ4v) is 3.16. The van der Waals surface area contributed by atoms with Crippen molar-refractivity contribution < 1.29 is 5.11 Å². The van der Waals surface area contributed by atoms with Crippen molar-refractivity contribution in [1.29, 1.82) is 0 Å². The second kappa shape index (κ2) is 4.09. The van der Waals surface area contributed by atoms with Gasteiger partial charge in [0.05, 0.1) is 0 Å². The van der Waals surface area contributed by atoms with E-state index in [-0.39, 0.29) is 5.21 Å². The first-order valence-corrected chi connectivity index (χ1v) is 6.63. The van der Waals surface area contributed by atoms with E-state index in [0.717, 1.165) is 17.4 Å². The maximum absolute atomic E-state index is 10.1. The number of aromatic nitrogens is 1. The Balaban J connectivity index is 2.13. The van der Waals surface area contributed by atoms with E-state index in [9.17, 15) is 5.11 Å². The van der Waals surface area contributed by atoms with Gasteiger partial charge in [-0.05, 0) is 42.3 Å². The number of aromatic hydroxyl groups is 1. The number of nitrogens with one attached hydrogen (secondary N) is 2. The van der Waals surface area contributed by atoms with E-state index in [4.69, 9.17) is 0 Å². The number of phenols is 1. The third-order valence-electron chi connectivity index (χ3n) is 4.31. The molecular weight excluding hydrogens is 222 g/mol. The van der Waals surface area contributed by atoms with Crippen molar-refractivity contribution in [2.75, 3.05) is 6.54 Å². The van der Waals surface area contributed by atoms with Crippen molar-refractivity contribution in [3.63, 3.8) is 0 Å². The lowest BCUT2D eigenvalue weighted by Gasteiger charge is -2.32. The quantitative estimate of drug-likeness (QED) is 0.649. The SMILES string of the molecule is BC(B)(c1c[nH]c2cccc(O)c12)[C@H]1CCCN1. The molecule has 0 unspecified atom stereocenters. The molecule has 1 aromatic heterocycles. The van der Waals surface area contributed by atoms with Gasteiger partial charge < -0.3 is 15.4 Å². The van der Waals surface area contributed by atoms with Crippen LogP contribution in [0.1, 0.15) is 18.4 Å². The van der Waals surface area contributed by atoms with E-state index in [2.05, 4.69) is 26.0 Å². The molecule has 0 spiro atoms. The number of rotatable bonds is 2. The molecule has 2 heterocycles. The van der Waals surface area contributed by atoms with Crippen LogP contribution < -0.4 is 5.32 Å². The molecule has 1 saturated heterocycles. The van der Waals surface area contributed by atoms with Gasteiger partial charge >= 0.3 is 0 Å². The third kappa shape index (κ3) is 1.65. The highest BCUT2D eigenvalue weighted by atomic mass is 16.3. The standard InChI is InChI=1S/C13H18B2N2O/c14-13(15,11-5-2-6-16-11)8-7-17-9-3-1-4-10(18)12(8)9/h1,3-4,7,11,16-18H,2,5-6,14-15H2/t11-/m1/s1. The molecule has 2 aromatic rings. The molecule has 1 aliphatic rings. The Bertz CT molecular complexity index is 573. The monoisotopic (exact) mass is 240 g/mol. The summed E-state index contributed by atoms with van der Waals surface area (Å²) in [5, 5.41) is 14.7. The van der Waals surface area contributed by atoms with E-state index in [1.165, 1.54) is 18.4 Å². The highest BCUT2D eigenvalue weighted by Crippen LogP contribution is 2.36. The van der Waals surface area contributed by atoms with Gasteiger partial charge in [0, 0.05) is 23.1 Å². The summed E-state index contributed by atoms with van der Waals surface area (Å²) in [7, 11) is 4.51. The number of fused-ring (bicyclic) bond motifs is 1. The second-order valence-corrected chi connectivity index (χ2v) is 5.77. The molecule has 0 aliphatic carbocycles. The van der Waals surface area contributed by atoms with Crippen LogP contribution in [0.15, 0.2) is 24.4 Å². The summed E-state index contributed by atoms with van der Waals surface area (Å²) >= 11 is 0. The number of hydrogen-bond acceptors (Lipinski definition) is 2. The molecule has 1 fully saturated rings. The van der Waals surface area contributed by atoms with Crippen LogP contribution in [0.25, 0.3) is 10.9 Å². The smallest absolute Gasteiger partial charge is 0.125 e. The van der Waals surface area contributed by atoms with Crippen LogP contribution in [0.4, 0.5) is 0 Å². The van der Waals surface area contributed by atoms with Gasteiger partial charge in [-0.15, -0.1) is 0 Å². The summed E-state index contributed by atoms with van der Waals surface area (Å²) in [6.07, 6.45) is 4.49. The lowest BCUT2D eigenvalue weighted by Crippen LogP contribution is -2.46. The second-order valence-electron chi connectivity index (χ2n) is 5.77. The van der Waals surface area contributed by atoms with Gasteiger partial charge in [0.2, 0.25) is 0 Å². The fourth-order valence-electron chi connectivity index (χ4n) is 3.16. The van der Waals surface area contributed by atoms with Gasteiger partial charge in [0.1, 0.15) is 21.4 Å². The Morgan fingerprint density at radius 3 is 2.89 bits per heavy atom. The van der Waals surface area contributed by atoms with Crippen LogP contribution in [0, 0.1) is 0 Å². The first-order chi connectivity index (χ1) is 8.60. The molecule has 1 aromatic carbocycles. The van der Waals surface area contributed by atoms with Gasteiger partial charge in [-0.2, -0.15) is 0 Å². The average Bonchev–Trinajstić information content (AvgIpc) is 2.99. The molecular formula is C13H18B2N2O. The van der Waals surface area contributed by atoms with Crippen LogP contribution in [-0.2, 0) is 5.21 Å². The molecule has 3 nitrogen and oxygen atoms in total. The minimum Gasteiger partial charge on any atom is -0.507 e. The van der Waals surface area contributed by atoms with E-state index in [1.807, 2.05) is 18.3 Å². The van der Waals surface area contributed by atoms with Crippen molar-refractivity contribution >= 4 is 26.6 Å². The number of H-pyrrole nitrogens is 1. The summed E-state index contributed by atoms with van der Waals surface area (Å²) in [6, 6.07) is 6.13. The van der Waals surface area contributed by atoms with Crippen molar-refractivity contribution in [2.24, 2.45) is 0 Å². The molecule has 0 saturated carbocycles. The van der Waals surface area contributed by atoms with Gasteiger partial charge in [-0.1, -0.05) is 6.07 Å². The van der Waals surface area contributed by atoms with E-state index >= 15 is 0 Å². The van der Waals surface area contributed by atoms with Gasteiger partial charge in [-0.3, -0.25) is 0 Å². The highest BCUT2D eigenvalue weighted by Gasteiger charge is 2.35.